The number of β-lactam (4-membered cyclic amide) rings is 1. The number of hydrogen-bond acceptors (Lipinski definition) is 7. The number of nitrogens with zero attached hydrogens (tertiary/aromatic N) is 3. The highest BCUT2D eigenvalue weighted by Gasteiger charge is 2.49. The van der Waals surface area contributed by atoms with Gasteiger partial charge in [-0.3, -0.25) is 4.79 Å². The lowest BCUT2D eigenvalue weighted by Gasteiger charge is -2.45. The van der Waals surface area contributed by atoms with Crippen molar-refractivity contribution < 1.29 is 32.3 Å². The predicted molar refractivity (Wildman–Crippen MR) is 141 cm³/mol. The van der Waals surface area contributed by atoms with Crippen molar-refractivity contribution in [3.05, 3.63) is 59.7 Å². The maximum atomic E-state index is 13.3. The number of carbonyl (C=O) groups excluding carboxylic acids is 3. The van der Waals surface area contributed by atoms with Crippen LogP contribution in [0.15, 0.2) is 53.4 Å². The molecule has 3 rings (SSSR count). The van der Waals surface area contributed by atoms with Crippen LogP contribution in [-0.4, -0.2) is 85.9 Å². The Bertz CT molecular complexity index is 1300. The van der Waals surface area contributed by atoms with Gasteiger partial charge in [-0.25, -0.2) is 18.0 Å². The fraction of sp³-hybridized carbons (Fsp3) is 0.444. The van der Waals surface area contributed by atoms with Crippen molar-refractivity contribution in [1.82, 2.24) is 14.1 Å². The summed E-state index contributed by atoms with van der Waals surface area (Å²) in [6, 6.07) is 11.1. The number of amides is 2. The molecule has 2 atom stereocenters. The lowest BCUT2D eigenvalue weighted by molar-refractivity contribution is -0.171. The fourth-order valence-corrected chi connectivity index (χ4v) is 5.19. The molecule has 0 spiro atoms. The van der Waals surface area contributed by atoms with Crippen LogP contribution in [0.2, 0.25) is 0 Å². The average Bonchev–Trinajstić information content (AvgIpc) is 2.82. The van der Waals surface area contributed by atoms with E-state index in [1.807, 2.05) is 6.92 Å². The summed E-state index contributed by atoms with van der Waals surface area (Å²) in [4.78, 5) is 41.4. The number of benzene rings is 2. The molecule has 0 N–H and O–H groups in total. The van der Waals surface area contributed by atoms with E-state index in [1.165, 1.54) is 29.0 Å². The van der Waals surface area contributed by atoms with Gasteiger partial charge in [-0.15, -0.1) is 0 Å². The van der Waals surface area contributed by atoms with Gasteiger partial charge in [0.05, 0.1) is 4.90 Å². The van der Waals surface area contributed by atoms with E-state index in [9.17, 15) is 22.8 Å². The first kappa shape index (κ1) is 29.1. The third kappa shape index (κ3) is 6.51. The van der Waals surface area contributed by atoms with Crippen molar-refractivity contribution in [2.45, 2.75) is 56.7 Å². The largest absolute Gasteiger partial charge is 0.458 e. The third-order valence-electron chi connectivity index (χ3n) is 6.08. The SMILES string of the molecule is Cc1ccc(S(=O)(=O)N(C)C2CN(C(Cc3ccccc3OC(=O)N(C)C)C(=O)OC(C)(C)C)C2=O)cc1. The number of likely N-dealkylation sites (tertiary alicyclic amines) is 1. The average molecular weight is 546 g/mol. The molecule has 1 fully saturated rings. The Morgan fingerprint density at radius 3 is 2.21 bits per heavy atom. The second-order valence-corrected chi connectivity index (χ2v) is 12.5. The van der Waals surface area contributed by atoms with E-state index in [2.05, 4.69) is 0 Å². The third-order valence-corrected chi connectivity index (χ3v) is 7.96. The Hall–Kier alpha value is -3.44. The topological polar surface area (TPSA) is 114 Å². The molecule has 11 heteroatoms. The molecule has 0 radical (unpaired) electrons. The minimum atomic E-state index is -3.93. The molecule has 2 aromatic carbocycles. The second kappa shape index (κ2) is 11.1. The fourth-order valence-electron chi connectivity index (χ4n) is 3.88. The highest BCUT2D eigenvalue weighted by atomic mass is 32.2. The number of aryl methyl sites for hydroxylation is 1. The minimum absolute atomic E-state index is 0.00395. The normalized spacial score (nSPS) is 16.6. The highest BCUT2D eigenvalue weighted by Crippen LogP contribution is 2.29. The van der Waals surface area contributed by atoms with E-state index in [-0.39, 0.29) is 23.6 Å². The lowest BCUT2D eigenvalue weighted by Crippen LogP contribution is -2.68. The lowest BCUT2D eigenvalue weighted by atomic mass is 9.97. The van der Waals surface area contributed by atoms with Crippen molar-refractivity contribution in [2.24, 2.45) is 0 Å². The van der Waals surface area contributed by atoms with Crippen molar-refractivity contribution in [3.8, 4) is 5.75 Å². The maximum absolute atomic E-state index is 13.3. The molecular weight excluding hydrogens is 510 g/mol. The van der Waals surface area contributed by atoms with Gasteiger partial charge in [0.2, 0.25) is 15.9 Å². The molecule has 206 valence electrons. The first-order chi connectivity index (χ1) is 17.6. The molecule has 1 heterocycles. The quantitative estimate of drug-likeness (QED) is 0.370. The minimum Gasteiger partial charge on any atom is -0.458 e. The van der Waals surface area contributed by atoms with Crippen LogP contribution in [-0.2, 0) is 30.8 Å². The van der Waals surface area contributed by atoms with Gasteiger partial charge in [0.25, 0.3) is 0 Å². The molecule has 1 aliphatic heterocycles. The van der Waals surface area contributed by atoms with Crippen LogP contribution in [0.3, 0.4) is 0 Å². The van der Waals surface area contributed by atoms with Gasteiger partial charge in [-0.2, -0.15) is 4.31 Å². The van der Waals surface area contributed by atoms with Gasteiger partial charge >= 0.3 is 12.1 Å². The summed E-state index contributed by atoms with van der Waals surface area (Å²) in [6.07, 6.45) is -0.576. The zero-order chi connectivity index (χ0) is 28.4. The van der Waals surface area contributed by atoms with Gasteiger partial charge in [-0.1, -0.05) is 35.9 Å². The number of likely N-dealkylation sites (N-methyl/N-ethyl adjacent to an activating group) is 1. The molecule has 2 unspecified atom stereocenters. The maximum Gasteiger partial charge on any atom is 0.414 e. The Balaban J connectivity index is 1.86. The predicted octanol–water partition coefficient (Wildman–Crippen LogP) is 2.84. The Kier molecular flexibility index (Phi) is 8.52. The summed E-state index contributed by atoms with van der Waals surface area (Å²) in [5, 5.41) is 0. The van der Waals surface area contributed by atoms with Crippen molar-refractivity contribution in [3.63, 3.8) is 0 Å². The van der Waals surface area contributed by atoms with E-state index >= 15 is 0 Å². The molecule has 0 aromatic heterocycles. The van der Waals surface area contributed by atoms with Crippen LogP contribution in [0.5, 0.6) is 5.75 Å². The van der Waals surface area contributed by atoms with Gasteiger partial charge in [0.15, 0.2) is 0 Å². The van der Waals surface area contributed by atoms with E-state index < -0.39 is 45.7 Å². The molecule has 0 aliphatic carbocycles. The van der Waals surface area contributed by atoms with Crippen molar-refractivity contribution in [1.29, 1.82) is 0 Å². The van der Waals surface area contributed by atoms with Crippen molar-refractivity contribution >= 4 is 28.0 Å². The summed E-state index contributed by atoms with van der Waals surface area (Å²) in [7, 11) is 0.528. The summed E-state index contributed by atoms with van der Waals surface area (Å²) in [5.74, 6) is -0.896. The van der Waals surface area contributed by atoms with E-state index in [1.54, 1.807) is 71.3 Å². The summed E-state index contributed by atoms with van der Waals surface area (Å²) in [6.45, 7) is 7.01. The smallest absolute Gasteiger partial charge is 0.414 e. The van der Waals surface area contributed by atoms with E-state index in [0.29, 0.717) is 5.56 Å². The summed E-state index contributed by atoms with van der Waals surface area (Å²) < 4.78 is 38.3. The Morgan fingerprint density at radius 1 is 1.05 bits per heavy atom. The summed E-state index contributed by atoms with van der Waals surface area (Å²) >= 11 is 0. The molecule has 10 nitrogen and oxygen atoms in total. The van der Waals surface area contributed by atoms with Crippen LogP contribution in [0.25, 0.3) is 0 Å². The zero-order valence-electron chi connectivity index (χ0n) is 22.8. The van der Waals surface area contributed by atoms with E-state index in [0.717, 1.165) is 9.87 Å². The number of hydrogen-bond donors (Lipinski definition) is 0. The molecule has 2 amide bonds. The Morgan fingerprint density at radius 2 is 1.66 bits per heavy atom. The van der Waals surface area contributed by atoms with Crippen LogP contribution in [0.4, 0.5) is 4.79 Å². The van der Waals surface area contributed by atoms with Crippen LogP contribution < -0.4 is 4.74 Å². The van der Waals surface area contributed by atoms with E-state index in [4.69, 9.17) is 9.47 Å². The molecule has 2 aromatic rings. The highest BCUT2D eigenvalue weighted by molar-refractivity contribution is 7.89. The number of carbonyl (C=O) groups is 3. The van der Waals surface area contributed by atoms with Gasteiger partial charge < -0.3 is 19.3 Å². The zero-order valence-corrected chi connectivity index (χ0v) is 23.6. The van der Waals surface area contributed by atoms with Crippen LogP contribution in [0, 0.1) is 6.92 Å². The molecule has 0 saturated carbocycles. The number of ether oxygens (including phenoxy) is 2. The number of rotatable bonds is 8. The standard InChI is InChI=1S/C27H35N3O7S/c1-18-12-14-20(15-13-18)38(34,35)29(7)22-17-30(24(22)31)21(25(32)37-27(2,3)4)16-19-10-8-9-11-23(19)36-26(33)28(5)6/h8-15,21-22H,16-17H2,1-7H3. The number of esters is 1. The monoisotopic (exact) mass is 545 g/mol. The molecule has 1 saturated heterocycles. The first-order valence-electron chi connectivity index (χ1n) is 12.2. The number of para-hydroxylation sites is 1. The van der Waals surface area contributed by atoms with Crippen molar-refractivity contribution in [2.75, 3.05) is 27.7 Å². The molecule has 38 heavy (non-hydrogen) atoms. The van der Waals surface area contributed by atoms with Crippen LogP contribution in [0.1, 0.15) is 31.9 Å². The Labute approximate surface area is 224 Å². The molecule has 0 bridgehead atoms. The molecule has 1 aliphatic rings. The first-order valence-corrected chi connectivity index (χ1v) is 13.6. The summed E-state index contributed by atoms with van der Waals surface area (Å²) in [5.41, 5.74) is 0.621. The van der Waals surface area contributed by atoms with Crippen LogP contribution >= 0.6 is 0 Å². The molecular formula is C27H35N3O7S. The van der Waals surface area contributed by atoms with Gasteiger partial charge in [-0.05, 0) is 51.5 Å². The van der Waals surface area contributed by atoms with Gasteiger partial charge in [0.1, 0.15) is 23.4 Å². The second-order valence-electron chi connectivity index (χ2n) is 10.5. The van der Waals surface area contributed by atoms with Gasteiger partial charge in [0, 0.05) is 34.1 Å². The number of sulfonamides is 1.